The second-order valence-corrected chi connectivity index (χ2v) is 4.43. The number of amides is 1. The summed E-state index contributed by atoms with van der Waals surface area (Å²) in [6.07, 6.45) is 2.97. The lowest BCUT2D eigenvalue weighted by molar-refractivity contribution is -0.146. The highest BCUT2D eigenvalue weighted by Crippen LogP contribution is 2.06. The van der Waals surface area contributed by atoms with Crippen molar-refractivity contribution in [2.75, 3.05) is 0 Å². The van der Waals surface area contributed by atoms with E-state index in [-0.39, 0.29) is 0 Å². The molecule has 0 bridgehead atoms. The van der Waals surface area contributed by atoms with Gasteiger partial charge in [-0.1, -0.05) is 31.2 Å². The molecule has 0 fully saturated rings. The van der Waals surface area contributed by atoms with E-state index in [1.807, 2.05) is 31.2 Å². The van der Waals surface area contributed by atoms with Gasteiger partial charge in [-0.3, -0.25) is 9.59 Å². The maximum absolute atomic E-state index is 11.6. The molecule has 0 heterocycles. The van der Waals surface area contributed by atoms with E-state index in [1.165, 1.54) is 17.7 Å². The molecular weight excluding hydrogens is 274 g/mol. The Morgan fingerprint density at radius 2 is 1.81 bits per heavy atom. The Morgan fingerprint density at radius 1 is 1.19 bits per heavy atom. The molecule has 1 aromatic carbocycles. The van der Waals surface area contributed by atoms with E-state index in [1.54, 1.807) is 0 Å². The van der Waals surface area contributed by atoms with Gasteiger partial charge in [-0.05, 0) is 23.6 Å². The summed E-state index contributed by atoms with van der Waals surface area (Å²) in [5.41, 5.74) is 1.97. The number of nitrogens with one attached hydrogen (secondary N) is 1. The van der Waals surface area contributed by atoms with Crippen molar-refractivity contribution in [2.24, 2.45) is 0 Å². The van der Waals surface area contributed by atoms with Crippen LogP contribution >= 0.6 is 0 Å². The smallest absolute Gasteiger partial charge is 0.326 e. The fourth-order valence-corrected chi connectivity index (χ4v) is 1.63. The second-order valence-electron chi connectivity index (χ2n) is 4.43. The average molecular weight is 291 g/mol. The standard InChI is InChI=1S/C15H17NO5/c1-2-10-3-5-11(6-4-10)7-8-13(17)16-12(15(20)21)9-14(18)19/h3-8,12H,2,9H2,1H3,(H,16,17)(H,18,19)(H,20,21)/b8-7+/t12-/m0/s1. The number of carboxylic acids is 2. The molecule has 0 radical (unpaired) electrons. The highest BCUT2D eigenvalue weighted by molar-refractivity contribution is 5.95. The molecule has 0 spiro atoms. The molecule has 1 atom stereocenters. The first-order valence-electron chi connectivity index (χ1n) is 6.44. The van der Waals surface area contributed by atoms with E-state index >= 15 is 0 Å². The number of hydrogen-bond donors (Lipinski definition) is 3. The Morgan fingerprint density at radius 3 is 2.29 bits per heavy atom. The first kappa shape index (κ1) is 16.4. The van der Waals surface area contributed by atoms with Crippen molar-refractivity contribution in [3.05, 3.63) is 41.5 Å². The van der Waals surface area contributed by atoms with Crippen molar-refractivity contribution in [3.8, 4) is 0 Å². The number of carbonyl (C=O) groups is 3. The predicted octanol–water partition coefficient (Wildman–Crippen LogP) is 1.31. The van der Waals surface area contributed by atoms with Crippen LogP contribution in [0.25, 0.3) is 6.08 Å². The lowest BCUT2D eigenvalue weighted by Crippen LogP contribution is -2.41. The lowest BCUT2D eigenvalue weighted by Gasteiger charge is -2.10. The number of aryl methyl sites for hydroxylation is 1. The van der Waals surface area contributed by atoms with Crippen LogP contribution in [0, 0.1) is 0 Å². The van der Waals surface area contributed by atoms with Gasteiger partial charge in [-0.15, -0.1) is 0 Å². The Kier molecular flexibility index (Phi) is 6.13. The molecule has 1 aromatic rings. The number of aliphatic carboxylic acids is 2. The van der Waals surface area contributed by atoms with Crippen LogP contribution in [-0.4, -0.2) is 34.1 Å². The zero-order chi connectivity index (χ0) is 15.8. The lowest BCUT2D eigenvalue weighted by atomic mass is 10.1. The zero-order valence-corrected chi connectivity index (χ0v) is 11.6. The summed E-state index contributed by atoms with van der Waals surface area (Å²) in [6.45, 7) is 2.03. The van der Waals surface area contributed by atoms with Gasteiger partial charge in [-0.25, -0.2) is 4.79 Å². The molecule has 0 saturated heterocycles. The van der Waals surface area contributed by atoms with Gasteiger partial charge in [0.25, 0.3) is 0 Å². The molecule has 0 aliphatic heterocycles. The van der Waals surface area contributed by atoms with E-state index in [9.17, 15) is 14.4 Å². The van der Waals surface area contributed by atoms with E-state index in [2.05, 4.69) is 5.32 Å². The molecule has 6 heteroatoms. The highest BCUT2D eigenvalue weighted by atomic mass is 16.4. The van der Waals surface area contributed by atoms with Crippen molar-refractivity contribution in [3.63, 3.8) is 0 Å². The molecule has 0 aliphatic carbocycles. The van der Waals surface area contributed by atoms with Crippen molar-refractivity contribution < 1.29 is 24.6 Å². The molecule has 3 N–H and O–H groups in total. The fourth-order valence-electron chi connectivity index (χ4n) is 1.63. The summed E-state index contributed by atoms with van der Waals surface area (Å²) >= 11 is 0. The largest absolute Gasteiger partial charge is 0.481 e. The number of carboxylic acid groups (broad SMARTS) is 2. The molecule has 1 amide bonds. The third-order valence-corrected chi connectivity index (χ3v) is 2.81. The molecule has 0 aromatic heterocycles. The van der Waals surface area contributed by atoms with Crippen LogP contribution < -0.4 is 5.32 Å². The topological polar surface area (TPSA) is 104 Å². The quantitative estimate of drug-likeness (QED) is 0.657. The minimum atomic E-state index is -1.44. The van der Waals surface area contributed by atoms with Crippen LogP contribution in [0.3, 0.4) is 0 Å². The van der Waals surface area contributed by atoms with Gasteiger partial charge in [-0.2, -0.15) is 0 Å². The van der Waals surface area contributed by atoms with Crippen LogP contribution in [0.2, 0.25) is 0 Å². The number of carbonyl (C=O) groups excluding carboxylic acids is 1. The summed E-state index contributed by atoms with van der Waals surface area (Å²) in [7, 11) is 0. The van der Waals surface area contributed by atoms with Crippen molar-refractivity contribution >= 4 is 23.9 Å². The van der Waals surface area contributed by atoms with Gasteiger partial charge in [0.1, 0.15) is 6.04 Å². The van der Waals surface area contributed by atoms with E-state index < -0.39 is 30.3 Å². The second kappa shape index (κ2) is 7.84. The van der Waals surface area contributed by atoms with Gasteiger partial charge < -0.3 is 15.5 Å². The van der Waals surface area contributed by atoms with Crippen molar-refractivity contribution in [1.82, 2.24) is 5.32 Å². The van der Waals surface area contributed by atoms with Crippen LogP contribution in [0.4, 0.5) is 0 Å². The van der Waals surface area contributed by atoms with E-state index in [0.717, 1.165) is 12.0 Å². The normalized spacial score (nSPS) is 12.0. The average Bonchev–Trinajstić information content (AvgIpc) is 2.44. The van der Waals surface area contributed by atoms with Crippen molar-refractivity contribution in [2.45, 2.75) is 25.8 Å². The van der Waals surface area contributed by atoms with Crippen LogP contribution in [0.1, 0.15) is 24.5 Å². The maximum Gasteiger partial charge on any atom is 0.326 e. The van der Waals surface area contributed by atoms with Gasteiger partial charge in [0.2, 0.25) is 5.91 Å². The Labute approximate surface area is 122 Å². The number of hydrogen-bond acceptors (Lipinski definition) is 3. The summed E-state index contributed by atoms with van der Waals surface area (Å²) in [5, 5.41) is 19.5. The molecule has 0 aliphatic rings. The molecule has 6 nitrogen and oxygen atoms in total. The minimum Gasteiger partial charge on any atom is -0.481 e. The van der Waals surface area contributed by atoms with E-state index in [0.29, 0.717) is 0 Å². The Bertz CT molecular complexity index is 548. The fraction of sp³-hybridized carbons (Fsp3) is 0.267. The Balaban J connectivity index is 2.63. The van der Waals surface area contributed by atoms with Crippen molar-refractivity contribution in [1.29, 1.82) is 0 Å². The summed E-state index contributed by atoms with van der Waals surface area (Å²) in [6, 6.07) is 6.11. The third-order valence-electron chi connectivity index (χ3n) is 2.81. The van der Waals surface area contributed by atoms with Gasteiger partial charge in [0.15, 0.2) is 0 Å². The molecule has 0 saturated carbocycles. The number of benzene rings is 1. The van der Waals surface area contributed by atoms with Gasteiger partial charge in [0.05, 0.1) is 6.42 Å². The van der Waals surface area contributed by atoms with Crippen LogP contribution in [0.5, 0.6) is 0 Å². The molecule has 21 heavy (non-hydrogen) atoms. The third kappa shape index (κ3) is 5.90. The molecule has 1 rings (SSSR count). The molecular formula is C15H17NO5. The highest BCUT2D eigenvalue weighted by Gasteiger charge is 2.21. The maximum atomic E-state index is 11.6. The SMILES string of the molecule is CCc1ccc(/C=C/C(=O)N[C@@H](CC(=O)O)C(=O)O)cc1. The van der Waals surface area contributed by atoms with Crippen LogP contribution in [-0.2, 0) is 20.8 Å². The van der Waals surface area contributed by atoms with E-state index in [4.69, 9.17) is 10.2 Å². The molecule has 0 unspecified atom stereocenters. The first-order chi connectivity index (χ1) is 9.92. The zero-order valence-electron chi connectivity index (χ0n) is 11.6. The monoisotopic (exact) mass is 291 g/mol. The summed E-state index contributed by atoms with van der Waals surface area (Å²) in [4.78, 5) is 32.9. The van der Waals surface area contributed by atoms with Gasteiger partial charge in [0, 0.05) is 6.08 Å². The van der Waals surface area contributed by atoms with Crippen LogP contribution in [0.15, 0.2) is 30.3 Å². The summed E-state index contributed by atoms with van der Waals surface area (Å²) < 4.78 is 0. The number of rotatable bonds is 7. The summed E-state index contributed by atoms with van der Waals surface area (Å²) in [5.74, 6) is -3.32. The minimum absolute atomic E-state index is 0.650. The Hall–Kier alpha value is -2.63. The molecule has 112 valence electrons. The first-order valence-corrected chi connectivity index (χ1v) is 6.44. The van der Waals surface area contributed by atoms with Gasteiger partial charge >= 0.3 is 11.9 Å². The predicted molar refractivity (Wildman–Crippen MR) is 76.7 cm³/mol.